The van der Waals surface area contributed by atoms with Gasteiger partial charge in [0.15, 0.2) is 0 Å². The molecule has 1 saturated heterocycles. The molecule has 1 aliphatic heterocycles. The lowest BCUT2D eigenvalue weighted by Crippen LogP contribution is -2.31. The number of carboxylic acids is 1. The summed E-state index contributed by atoms with van der Waals surface area (Å²) in [6.07, 6.45) is 3.77. The number of carbonyl (C=O) groups excluding carboxylic acids is 1. The van der Waals surface area contributed by atoms with Gasteiger partial charge in [0.25, 0.3) is 0 Å². The Balaban J connectivity index is 1.49. The highest BCUT2D eigenvalue weighted by Gasteiger charge is 2.40. The second-order valence-electron chi connectivity index (χ2n) is 7.39. The summed E-state index contributed by atoms with van der Waals surface area (Å²) in [6, 6.07) is 16.0. The summed E-state index contributed by atoms with van der Waals surface area (Å²) in [5, 5.41) is 9.60. The Labute approximate surface area is 153 Å². The van der Waals surface area contributed by atoms with Gasteiger partial charge in [-0.05, 0) is 41.5 Å². The number of aryl methyl sites for hydroxylation is 2. The first kappa shape index (κ1) is 16.8. The molecule has 1 aliphatic carbocycles. The van der Waals surface area contributed by atoms with Crippen LogP contribution in [0.2, 0.25) is 0 Å². The predicted octanol–water partition coefficient (Wildman–Crippen LogP) is 3.04. The van der Waals surface area contributed by atoms with Gasteiger partial charge in [0.05, 0.1) is 12.3 Å². The fourth-order valence-electron chi connectivity index (χ4n) is 4.32. The number of likely N-dealkylation sites (tertiary alicyclic amines) is 1. The van der Waals surface area contributed by atoms with Gasteiger partial charge in [-0.3, -0.25) is 9.59 Å². The summed E-state index contributed by atoms with van der Waals surface area (Å²) in [4.78, 5) is 26.2. The third-order valence-corrected chi connectivity index (χ3v) is 5.74. The molecule has 1 amide bonds. The third kappa shape index (κ3) is 3.24. The molecular formula is C22H23NO3. The minimum absolute atomic E-state index is 0.0210. The van der Waals surface area contributed by atoms with Crippen LogP contribution < -0.4 is 0 Å². The maximum absolute atomic E-state index is 12.8. The average molecular weight is 349 g/mol. The van der Waals surface area contributed by atoms with Crippen LogP contribution in [0.15, 0.2) is 48.5 Å². The zero-order valence-electron chi connectivity index (χ0n) is 14.7. The van der Waals surface area contributed by atoms with Crippen molar-refractivity contribution in [3.63, 3.8) is 0 Å². The van der Waals surface area contributed by atoms with E-state index in [0.717, 1.165) is 24.0 Å². The van der Waals surface area contributed by atoms with Crippen molar-refractivity contribution < 1.29 is 14.7 Å². The number of hydrogen-bond donors (Lipinski definition) is 1. The first-order valence-corrected chi connectivity index (χ1v) is 9.28. The van der Waals surface area contributed by atoms with Gasteiger partial charge in [-0.1, -0.05) is 48.5 Å². The van der Waals surface area contributed by atoms with Gasteiger partial charge in [-0.15, -0.1) is 0 Å². The zero-order chi connectivity index (χ0) is 18.1. The number of hydrogen-bond acceptors (Lipinski definition) is 2. The molecule has 1 fully saturated rings. The van der Waals surface area contributed by atoms with Gasteiger partial charge in [-0.2, -0.15) is 0 Å². The smallest absolute Gasteiger partial charge is 0.308 e. The highest BCUT2D eigenvalue weighted by molar-refractivity contribution is 5.81. The molecular weight excluding hydrogens is 326 g/mol. The lowest BCUT2D eigenvalue weighted by Gasteiger charge is -2.17. The number of nitrogens with zero attached hydrogens (tertiary/aromatic N) is 1. The van der Waals surface area contributed by atoms with Gasteiger partial charge >= 0.3 is 5.97 Å². The molecule has 0 unspecified atom stereocenters. The number of amides is 1. The van der Waals surface area contributed by atoms with Crippen LogP contribution >= 0.6 is 0 Å². The highest BCUT2D eigenvalue weighted by Crippen LogP contribution is 2.33. The second-order valence-corrected chi connectivity index (χ2v) is 7.39. The number of rotatable bonds is 4. The van der Waals surface area contributed by atoms with E-state index in [-0.39, 0.29) is 11.8 Å². The molecule has 0 saturated carbocycles. The van der Waals surface area contributed by atoms with Crippen molar-refractivity contribution in [2.45, 2.75) is 31.6 Å². The van der Waals surface area contributed by atoms with E-state index in [9.17, 15) is 14.7 Å². The molecule has 0 aromatic heterocycles. The van der Waals surface area contributed by atoms with Crippen LogP contribution in [0.25, 0.3) is 0 Å². The molecule has 0 spiro atoms. The predicted molar refractivity (Wildman–Crippen MR) is 99.1 cm³/mol. The molecule has 4 rings (SSSR count). The minimum Gasteiger partial charge on any atom is -0.481 e. The Hall–Kier alpha value is -2.62. The van der Waals surface area contributed by atoms with E-state index in [1.165, 1.54) is 17.5 Å². The first-order valence-electron chi connectivity index (χ1n) is 9.28. The molecule has 2 atom stereocenters. The van der Waals surface area contributed by atoms with Crippen molar-refractivity contribution >= 4 is 11.9 Å². The maximum atomic E-state index is 12.8. The van der Waals surface area contributed by atoms with Crippen LogP contribution in [0.5, 0.6) is 0 Å². The molecule has 0 radical (unpaired) electrons. The van der Waals surface area contributed by atoms with E-state index in [1.807, 2.05) is 36.4 Å². The number of fused-ring (bicyclic) bond motifs is 1. The van der Waals surface area contributed by atoms with Gasteiger partial charge < -0.3 is 10.0 Å². The molecule has 1 N–H and O–H groups in total. The van der Waals surface area contributed by atoms with Crippen molar-refractivity contribution in [3.8, 4) is 0 Å². The van der Waals surface area contributed by atoms with Crippen molar-refractivity contribution in [2.24, 2.45) is 5.92 Å². The molecule has 2 aromatic carbocycles. The molecule has 4 heteroatoms. The summed E-state index contributed by atoms with van der Waals surface area (Å²) in [5.74, 6) is -1.49. The molecule has 4 nitrogen and oxygen atoms in total. The zero-order valence-corrected chi connectivity index (χ0v) is 14.7. The van der Waals surface area contributed by atoms with Crippen LogP contribution in [0.4, 0.5) is 0 Å². The van der Waals surface area contributed by atoms with Crippen molar-refractivity contribution in [3.05, 3.63) is 70.8 Å². The average Bonchev–Trinajstić information content (AvgIpc) is 3.29. The van der Waals surface area contributed by atoms with E-state index < -0.39 is 11.9 Å². The Kier molecular flexibility index (Phi) is 4.49. The lowest BCUT2D eigenvalue weighted by atomic mass is 9.89. The van der Waals surface area contributed by atoms with Crippen molar-refractivity contribution in [1.29, 1.82) is 0 Å². The van der Waals surface area contributed by atoms with Crippen molar-refractivity contribution in [2.75, 3.05) is 13.1 Å². The van der Waals surface area contributed by atoms with E-state index >= 15 is 0 Å². The van der Waals surface area contributed by atoms with E-state index in [1.54, 1.807) is 4.90 Å². The van der Waals surface area contributed by atoms with Crippen LogP contribution in [-0.4, -0.2) is 35.0 Å². The Morgan fingerprint density at radius 1 is 1.00 bits per heavy atom. The van der Waals surface area contributed by atoms with Crippen LogP contribution in [0, 0.1) is 5.92 Å². The Bertz CT molecular complexity index is 831. The topological polar surface area (TPSA) is 57.6 Å². The van der Waals surface area contributed by atoms with Crippen LogP contribution in [0.3, 0.4) is 0 Å². The molecule has 2 aliphatic rings. The number of carboxylic acid groups (broad SMARTS) is 1. The summed E-state index contributed by atoms with van der Waals surface area (Å²) < 4.78 is 0. The third-order valence-electron chi connectivity index (χ3n) is 5.74. The lowest BCUT2D eigenvalue weighted by molar-refractivity contribution is -0.141. The van der Waals surface area contributed by atoms with Gasteiger partial charge in [-0.25, -0.2) is 0 Å². The molecule has 26 heavy (non-hydrogen) atoms. The van der Waals surface area contributed by atoms with E-state index in [0.29, 0.717) is 19.5 Å². The fraction of sp³-hybridized carbons (Fsp3) is 0.364. The molecule has 134 valence electrons. The fourth-order valence-corrected chi connectivity index (χ4v) is 4.32. The SMILES string of the molecule is O=C(O)[C@@H]1CN(C(=O)Cc2ccc3c(c2)CCC3)C[C@@H]1c1ccccc1. The summed E-state index contributed by atoms with van der Waals surface area (Å²) in [5.41, 5.74) is 4.79. The van der Waals surface area contributed by atoms with Crippen molar-refractivity contribution in [1.82, 2.24) is 4.90 Å². The molecule has 1 heterocycles. The Morgan fingerprint density at radius 3 is 2.54 bits per heavy atom. The quantitative estimate of drug-likeness (QED) is 0.923. The molecule has 0 bridgehead atoms. The first-order chi connectivity index (χ1) is 12.6. The number of benzene rings is 2. The van der Waals surface area contributed by atoms with E-state index in [2.05, 4.69) is 12.1 Å². The van der Waals surface area contributed by atoms with Gasteiger partial charge in [0.1, 0.15) is 0 Å². The summed E-state index contributed by atoms with van der Waals surface area (Å²) in [6.45, 7) is 0.767. The summed E-state index contributed by atoms with van der Waals surface area (Å²) in [7, 11) is 0. The number of carbonyl (C=O) groups is 2. The van der Waals surface area contributed by atoms with Gasteiger partial charge in [0, 0.05) is 19.0 Å². The second kappa shape index (κ2) is 6.94. The monoisotopic (exact) mass is 349 g/mol. The minimum atomic E-state index is -0.827. The standard InChI is InChI=1S/C22H23NO3/c24-21(12-15-9-10-16-7-4-8-18(16)11-15)23-13-19(20(14-23)22(25)26)17-5-2-1-3-6-17/h1-3,5-6,9-11,19-20H,4,7-8,12-14H2,(H,25,26)/t19-,20-/m1/s1. The van der Waals surface area contributed by atoms with E-state index in [4.69, 9.17) is 0 Å². The largest absolute Gasteiger partial charge is 0.481 e. The summed E-state index contributed by atoms with van der Waals surface area (Å²) >= 11 is 0. The molecule has 2 aromatic rings. The maximum Gasteiger partial charge on any atom is 0.308 e. The van der Waals surface area contributed by atoms with Crippen LogP contribution in [0.1, 0.15) is 34.6 Å². The Morgan fingerprint density at radius 2 is 1.77 bits per heavy atom. The van der Waals surface area contributed by atoms with Crippen LogP contribution in [-0.2, 0) is 28.9 Å². The normalized spacial score (nSPS) is 21.6. The number of aliphatic carboxylic acids is 1. The highest BCUT2D eigenvalue weighted by atomic mass is 16.4. The van der Waals surface area contributed by atoms with Gasteiger partial charge in [0.2, 0.25) is 5.91 Å².